The second-order valence-corrected chi connectivity index (χ2v) is 10.7. The van der Waals surface area contributed by atoms with Crippen LogP contribution < -0.4 is 19.1 Å². The van der Waals surface area contributed by atoms with E-state index in [9.17, 15) is 9.59 Å². The Morgan fingerprint density at radius 2 is 1.20 bits per heavy atom. The number of anilines is 1. The van der Waals surface area contributed by atoms with Crippen LogP contribution >= 0.6 is 0 Å². The molecule has 0 aromatic heterocycles. The quantitative estimate of drug-likeness (QED) is 0.0406. The number of benzene rings is 5. The molecule has 0 amide bonds. The summed E-state index contributed by atoms with van der Waals surface area (Å²) >= 11 is 0. The van der Waals surface area contributed by atoms with E-state index in [0.29, 0.717) is 45.6 Å². The van der Waals surface area contributed by atoms with Crippen LogP contribution in [-0.4, -0.2) is 32.8 Å². The van der Waals surface area contributed by atoms with E-state index < -0.39 is 11.9 Å². The lowest BCUT2D eigenvalue weighted by molar-refractivity contribution is -0.144. The third-order valence-electron chi connectivity index (χ3n) is 6.89. The van der Waals surface area contributed by atoms with Crippen LogP contribution in [0.5, 0.6) is 23.0 Å². The Morgan fingerprint density at radius 1 is 0.673 bits per heavy atom. The van der Waals surface area contributed by atoms with E-state index in [1.54, 1.807) is 48.5 Å². The molecular weight excluding hydrogens is 622 g/mol. The van der Waals surface area contributed by atoms with Crippen LogP contribution in [0.1, 0.15) is 15.9 Å². The summed E-state index contributed by atoms with van der Waals surface area (Å²) in [6, 6.07) is 33.7. The first-order valence-corrected chi connectivity index (χ1v) is 15.1. The maximum Gasteiger partial charge on any atom is 0.343 e. The number of rotatable bonds is 13. The molecule has 0 radical (unpaired) electrons. The summed E-state index contributed by atoms with van der Waals surface area (Å²) in [4.78, 5) is 25.7. The fourth-order valence-corrected chi connectivity index (χ4v) is 4.22. The molecule has 11 nitrogen and oxygen atoms in total. The number of carbonyl (C=O) groups excluding carboxylic acids is 2. The Bertz CT molecular complexity index is 1960. The van der Waals surface area contributed by atoms with Crippen LogP contribution in [0.15, 0.2) is 148 Å². The SMILES string of the molecule is C=CC(=O)OCOc1ccc(OC(=O)c2ccc(N=Nc3ccc(N=Nc4ccc(Oc5ccc(N(C)C)cc5)cc4)cc3C)cc2)cc1. The highest BCUT2D eigenvalue weighted by molar-refractivity contribution is 5.91. The Balaban J connectivity index is 1.11. The van der Waals surface area contributed by atoms with Crippen LogP contribution in [0.2, 0.25) is 0 Å². The van der Waals surface area contributed by atoms with Gasteiger partial charge in [-0.1, -0.05) is 6.58 Å². The predicted molar refractivity (Wildman–Crippen MR) is 186 cm³/mol. The van der Waals surface area contributed by atoms with E-state index in [2.05, 4.69) is 27.0 Å². The lowest BCUT2D eigenvalue weighted by atomic mass is 10.2. The highest BCUT2D eigenvalue weighted by Gasteiger charge is 2.09. The van der Waals surface area contributed by atoms with Gasteiger partial charge in [0.2, 0.25) is 6.79 Å². The number of azo groups is 2. The first kappa shape index (κ1) is 33.7. The Hall–Kier alpha value is -6.62. The van der Waals surface area contributed by atoms with Gasteiger partial charge in [-0.15, -0.1) is 0 Å². The first-order valence-electron chi connectivity index (χ1n) is 15.1. The summed E-state index contributed by atoms with van der Waals surface area (Å²) in [6.07, 6.45) is 1.04. The number of nitrogens with zero attached hydrogens (tertiary/aromatic N) is 5. The largest absolute Gasteiger partial charge is 0.457 e. The van der Waals surface area contributed by atoms with Crippen molar-refractivity contribution in [2.75, 3.05) is 25.8 Å². The minimum atomic E-state index is -0.588. The number of esters is 2. The Kier molecular flexibility index (Phi) is 11.2. The smallest absolute Gasteiger partial charge is 0.343 e. The number of hydrogen-bond acceptors (Lipinski definition) is 11. The van der Waals surface area contributed by atoms with Crippen molar-refractivity contribution in [3.8, 4) is 23.0 Å². The monoisotopic (exact) mass is 655 g/mol. The molecule has 246 valence electrons. The van der Waals surface area contributed by atoms with Gasteiger partial charge in [0.1, 0.15) is 23.0 Å². The lowest BCUT2D eigenvalue weighted by Crippen LogP contribution is -2.09. The number of carbonyl (C=O) groups is 2. The summed E-state index contributed by atoms with van der Waals surface area (Å²) in [7, 11) is 3.99. The van der Waals surface area contributed by atoms with E-state index in [-0.39, 0.29) is 6.79 Å². The molecule has 0 saturated heterocycles. The molecule has 0 saturated carbocycles. The second-order valence-electron chi connectivity index (χ2n) is 10.7. The van der Waals surface area contributed by atoms with Crippen LogP contribution in [0, 0.1) is 6.92 Å². The van der Waals surface area contributed by atoms with Gasteiger partial charge in [0.25, 0.3) is 0 Å². The van der Waals surface area contributed by atoms with Gasteiger partial charge >= 0.3 is 11.9 Å². The third kappa shape index (κ3) is 9.93. The molecule has 5 aromatic rings. The van der Waals surface area contributed by atoms with Crippen molar-refractivity contribution < 1.29 is 28.5 Å². The van der Waals surface area contributed by atoms with Gasteiger partial charge in [-0.25, -0.2) is 9.59 Å². The fraction of sp³-hybridized carbons (Fsp3) is 0.105. The summed E-state index contributed by atoms with van der Waals surface area (Å²) in [5, 5.41) is 17.4. The zero-order chi connectivity index (χ0) is 34.6. The van der Waals surface area contributed by atoms with Crippen LogP contribution in [0.25, 0.3) is 0 Å². The van der Waals surface area contributed by atoms with Crippen molar-refractivity contribution in [2.45, 2.75) is 6.92 Å². The van der Waals surface area contributed by atoms with Gasteiger partial charge in [-0.05, 0) is 128 Å². The third-order valence-corrected chi connectivity index (χ3v) is 6.89. The van der Waals surface area contributed by atoms with E-state index in [4.69, 9.17) is 18.9 Å². The second kappa shape index (κ2) is 16.3. The van der Waals surface area contributed by atoms with Crippen molar-refractivity contribution >= 4 is 40.4 Å². The number of ether oxygens (including phenoxy) is 4. The van der Waals surface area contributed by atoms with Gasteiger partial charge in [0.15, 0.2) is 0 Å². The molecule has 11 heteroatoms. The van der Waals surface area contributed by atoms with Gasteiger partial charge in [0, 0.05) is 25.9 Å². The molecular formula is C38H33N5O6. The van der Waals surface area contributed by atoms with Crippen molar-refractivity contribution in [3.05, 3.63) is 139 Å². The normalized spacial score (nSPS) is 10.9. The van der Waals surface area contributed by atoms with Crippen LogP contribution in [0.4, 0.5) is 28.4 Å². The van der Waals surface area contributed by atoms with E-state index in [1.807, 2.05) is 92.6 Å². The summed E-state index contributed by atoms with van der Waals surface area (Å²) < 4.78 is 21.4. The standard InChI is InChI=1S/C38H33N5O6/c1-5-37(44)47-25-46-32-19-21-35(22-20-32)49-38(45)27-6-8-28(9-7-27)40-42-36-23-12-30(24-26(36)2)41-39-29-10-15-33(16-11-29)48-34-17-13-31(14-18-34)43(3)4/h5-24H,1,25H2,2-4H3. The molecule has 49 heavy (non-hydrogen) atoms. The lowest BCUT2D eigenvalue weighted by Gasteiger charge is -2.13. The molecule has 0 heterocycles. The number of hydrogen-bond donors (Lipinski definition) is 0. The zero-order valence-electron chi connectivity index (χ0n) is 27.1. The number of aryl methyl sites for hydroxylation is 1. The van der Waals surface area contributed by atoms with Crippen molar-refractivity contribution in [1.29, 1.82) is 0 Å². The van der Waals surface area contributed by atoms with E-state index >= 15 is 0 Å². The predicted octanol–water partition coefficient (Wildman–Crippen LogP) is 9.97. The topological polar surface area (TPSA) is 124 Å². The van der Waals surface area contributed by atoms with E-state index in [1.165, 1.54) is 0 Å². The molecule has 0 spiro atoms. The fourth-order valence-electron chi connectivity index (χ4n) is 4.22. The molecule has 0 aliphatic carbocycles. The first-order chi connectivity index (χ1) is 23.7. The average Bonchev–Trinajstić information content (AvgIpc) is 3.12. The molecule has 5 rings (SSSR count). The van der Waals surface area contributed by atoms with Gasteiger partial charge in [-0.3, -0.25) is 0 Å². The Labute approximate surface area is 283 Å². The van der Waals surface area contributed by atoms with Crippen molar-refractivity contribution in [2.24, 2.45) is 20.5 Å². The molecule has 0 atom stereocenters. The molecule has 0 N–H and O–H groups in total. The summed E-state index contributed by atoms with van der Waals surface area (Å²) in [5.41, 5.74) is 4.93. The van der Waals surface area contributed by atoms with Gasteiger partial charge in [-0.2, -0.15) is 20.5 Å². The minimum Gasteiger partial charge on any atom is -0.457 e. The molecule has 0 bridgehead atoms. The van der Waals surface area contributed by atoms with Crippen molar-refractivity contribution in [1.82, 2.24) is 0 Å². The Morgan fingerprint density at radius 3 is 1.82 bits per heavy atom. The molecule has 5 aromatic carbocycles. The minimum absolute atomic E-state index is 0.258. The molecule has 0 fully saturated rings. The van der Waals surface area contributed by atoms with E-state index in [0.717, 1.165) is 23.1 Å². The molecule has 0 aliphatic rings. The summed E-state index contributed by atoms with van der Waals surface area (Å²) in [6.45, 7) is 4.97. The van der Waals surface area contributed by atoms with Gasteiger partial charge in [0.05, 0.1) is 28.3 Å². The molecule has 0 unspecified atom stereocenters. The van der Waals surface area contributed by atoms with Crippen LogP contribution in [-0.2, 0) is 9.53 Å². The zero-order valence-corrected chi connectivity index (χ0v) is 27.1. The highest BCUT2D eigenvalue weighted by Crippen LogP contribution is 2.29. The summed E-state index contributed by atoms with van der Waals surface area (Å²) in [5.74, 6) is 1.11. The van der Waals surface area contributed by atoms with Gasteiger partial charge < -0.3 is 23.8 Å². The van der Waals surface area contributed by atoms with Crippen molar-refractivity contribution in [3.63, 3.8) is 0 Å². The highest BCUT2D eigenvalue weighted by atomic mass is 16.7. The van der Waals surface area contributed by atoms with Crippen LogP contribution in [0.3, 0.4) is 0 Å². The average molecular weight is 656 g/mol. The maximum atomic E-state index is 12.6. The maximum absolute atomic E-state index is 12.6. The molecule has 0 aliphatic heterocycles.